The Balaban J connectivity index is 0.00000242. The lowest BCUT2D eigenvalue weighted by molar-refractivity contribution is 0.0510. The summed E-state index contributed by atoms with van der Waals surface area (Å²) in [6.07, 6.45) is 3.99. The second kappa shape index (κ2) is 8.91. The molecule has 0 aliphatic carbocycles. The third-order valence-electron chi connectivity index (χ3n) is 4.18. The maximum absolute atomic E-state index is 12.4. The van der Waals surface area contributed by atoms with E-state index in [4.69, 9.17) is 4.74 Å². The molecule has 0 bridgehead atoms. The van der Waals surface area contributed by atoms with Crippen LogP contribution in [-0.2, 0) is 11.3 Å². The Kier molecular flexibility index (Phi) is 7.89. The summed E-state index contributed by atoms with van der Waals surface area (Å²) in [5.41, 5.74) is 0.752. The van der Waals surface area contributed by atoms with Crippen molar-refractivity contribution in [1.29, 1.82) is 0 Å². The smallest absolute Gasteiger partial charge is 0.267 e. The Morgan fingerprint density at radius 2 is 2.18 bits per heavy atom. The molecule has 1 fully saturated rings. The molecule has 1 aliphatic heterocycles. The second-order valence-electron chi connectivity index (χ2n) is 5.70. The number of amides is 1. The standard InChI is InChI=1S/C15H24BrN3O2.ClH/c1-3-19-9-12(16)8-13(19)14(20)18-10-15(11-21-2)4-6-17-7-5-15;/h8-9,17H,3-7,10-11H2,1-2H3,(H,18,20);1H. The van der Waals surface area contributed by atoms with E-state index in [1.807, 2.05) is 23.8 Å². The molecular formula is C15H25BrClN3O2. The third kappa shape index (κ3) is 4.72. The summed E-state index contributed by atoms with van der Waals surface area (Å²) < 4.78 is 8.26. The van der Waals surface area contributed by atoms with E-state index >= 15 is 0 Å². The molecule has 1 saturated heterocycles. The van der Waals surface area contributed by atoms with Crippen LogP contribution in [0.3, 0.4) is 0 Å². The van der Waals surface area contributed by atoms with Crippen LogP contribution in [0.1, 0.15) is 30.3 Å². The van der Waals surface area contributed by atoms with E-state index in [0.717, 1.165) is 36.9 Å². The number of aromatic nitrogens is 1. The molecular weight excluding hydrogens is 370 g/mol. The van der Waals surface area contributed by atoms with E-state index in [0.29, 0.717) is 18.8 Å². The first-order valence-corrected chi connectivity index (χ1v) is 8.23. The third-order valence-corrected chi connectivity index (χ3v) is 4.61. The number of hydrogen-bond donors (Lipinski definition) is 2. The molecule has 2 rings (SSSR count). The van der Waals surface area contributed by atoms with Gasteiger partial charge in [0.15, 0.2) is 0 Å². The SMILES string of the molecule is CCn1cc(Br)cc1C(=O)NCC1(COC)CCNCC1.Cl. The van der Waals surface area contributed by atoms with Crippen molar-refractivity contribution in [1.82, 2.24) is 15.2 Å². The molecule has 0 saturated carbocycles. The molecule has 2 heterocycles. The lowest BCUT2D eigenvalue weighted by Crippen LogP contribution is -2.47. The number of piperidine rings is 1. The van der Waals surface area contributed by atoms with Crippen molar-refractivity contribution in [3.63, 3.8) is 0 Å². The van der Waals surface area contributed by atoms with E-state index in [-0.39, 0.29) is 23.7 Å². The number of nitrogens with one attached hydrogen (secondary N) is 2. The van der Waals surface area contributed by atoms with Crippen LogP contribution < -0.4 is 10.6 Å². The minimum atomic E-state index is -0.0171. The predicted molar refractivity (Wildman–Crippen MR) is 93.8 cm³/mol. The predicted octanol–water partition coefficient (Wildman–Crippen LogP) is 2.44. The van der Waals surface area contributed by atoms with Gasteiger partial charge in [-0.1, -0.05) is 0 Å². The van der Waals surface area contributed by atoms with Crippen molar-refractivity contribution in [2.45, 2.75) is 26.3 Å². The lowest BCUT2D eigenvalue weighted by atomic mass is 9.79. The molecule has 7 heteroatoms. The summed E-state index contributed by atoms with van der Waals surface area (Å²) in [7, 11) is 1.73. The van der Waals surface area contributed by atoms with Gasteiger partial charge in [0.25, 0.3) is 5.91 Å². The lowest BCUT2D eigenvalue weighted by Gasteiger charge is -2.37. The van der Waals surface area contributed by atoms with Crippen molar-refractivity contribution in [3.8, 4) is 0 Å². The van der Waals surface area contributed by atoms with Crippen LogP contribution in [0.4, 0.5) is 0 Å². The highest BCUT2D eigenvalue weighted by molar-refractivity contribution is 9.10. The van der Waals surface area contributed by atoms with Crippen molar-refractivity contribution in [2.24, 2.45) is 5.41 Å². The van der Waals surface area contributed by atoms with Gasteiger partial charge >= 0.3 is 0 Å². The van der Waals surface area contributed by atoms with E-state index in [1.54, 1.807) is 7.11 Å². The molecule has 1 aromatic rings. The largest absolute Gasteiger partial charge is 0.384 e. The Bertz CT molecular complexity index is 482. The zero-order valence-electron chi connectivity index (χ0n) is 13.2. The number of ether oxygens (including phenoxy) is 1. The fraction of sp³-hybridized carbons (Fsp3) is 0.667. The maximum atomic E-state index is 12.4. The Morgan fingerprint density at radius 1 is 1.50 bits per heavy atom. The molecule has 0 aromatic carbocycles. The Hall–Kier alpha value is -0.560. The number of carbonyl (C=O) groups excluding carboxylic acids is 1. The van der Waals surface area contributed by atoms with Crippen molar-refractivity contribution >= 4 is 34.2 Å². The summed E-state index contributed by atoms with van der Waals surface area (Å²) in [5, 5.41) is 6.45. The average molecular weight is 395 g/mol. The van der Waals surface area contributed by atoms with E-state index in [2.05, 4.69) is 26.6 Å². The van der Waals surface area contributed by atoms with Crippen LogP contribution in [0.25, 0.3) is 0 Å². The topological polar surface area (TPSA) is 55.3 Å². The summed E-state index contributed by atoms with van der Waals surface area (Å²) in [6, 6.07) is 1.87. The maximum Gasteiger partial charge on any atom is 0.267 e. The van der Waals surface area contributed by atoms with Crippen LogP contribution in [0.5, 0.6) is 0 Å². The van der Waals surface area contributed by atoms with Gasteiger partial charge in [-0.15, -0.1) is 12.4 Å². The zero-order valence-corrected chi connectivity index (χ0v) is 15.6. The van der Waals surface area contributed by atoms with Crippen molar-refractivity contribution in [3.05, 3.63) is 22.4 Å². The first-order valence-electron chi connectivity index (χ1n) is 7.44. The van der Waals surface area contributed by atoms with E-state index < -0.39 is 0 Å². The van der Waals surface area contributed by atoms with Gasteiger partial charge in [-0.05, 0) is 54.9 Å². The van der Waals surface area contributed by atoms with Gasteiger partial charge in [-0.2, -0.15) is 0 Å². The summed E-state index contributed by atoms with van der Waals surface area (Å²) in [4.78, 5) is 12.4. The molecule has 0 atom stereocenters. The fourth-order valence-electron chi connectivity index (χ4n) is 2.92. The van der Waals surface area contributed by atoms with Gasteiger partial charge in [-0.25, -0.2) is 0 Å². The molecule has 22 heavy (non-hydrogen) atoms. The average Bonchev–Trinajstić information content (AvgIpc) is 2.87. The quantitative estimate of drug-likeness (QED) is 0.779. The summed E-state index contributed by atoms with van der Waals surface area (Å²) >= 11 is 3.43. The minimum absolute atomic E-state index is 0. The molecule has 1 aromatic heterocycles. The highest BCUT2D eigenvalue weighted by Crippen LogP contribution is 2.28. The number of carbonyl (C=O) groups is 1. The molecule has 126 valence electrons. The molecule has 1 amide bonds. The number of methoxy groups -OCH3 is 1. The van der Waals surface area contributed by atoms with E-state index in [9.17, 15) is 4.79 Å². The van der Waals surface area contributed by atoms with E-state index in [1.165, 1.54) is 0 Å². The summed E-state index contributed by atoms with van der Waals surface area (Å²) in [6.45, 7) is 6.12. The summed E-state index contributed by atoms with van der Waals surface area (Å²) in [5.74, 6) is -0.0171. The first kappa shape index (κ1) is 19.5. The number of aryl methyl sites for hydroxylation is 1. The Morgan fingerprint density at radius 3 is 2.77 bits per heavy atom. The molecule has 0 spiro atoms. The van der Waals surface area contributed by atoms with Gasteiger partial charge in [0.05, 0.1) is 6.61 Å². The van der Waals surface area contributed by atoms with Gasteiger partial charge in [0, 0.05) is 36.3 Å². The number of rotatable bonds is 6. The zero-order chi connectivity index (χ0) is 15.3. The van der Waals surface area contributed by atoms with Gasteiger partial charge < -0.3 is 19.9 Å². The fourth-order valence-corrected chi connectivity index (χ4v) is 3.38. The second-order valence-corrected chi connectivity index (χ2v) is 6.61. The monoisotopic (exact) mass is 393 g/mol. The highest BCUT2D eigenvalue weighted by Gasteiger charge is 2.32. The van der Waals surface area contributed by atoms with Crippen molar-refractivity contribution < 1.29 is 9.53 Å². The van der Waals surface area contributed by atoms with Crippen LogP contribution in [0.2, 0.25) is 0 Å². The molecule has 0 unspecified atom stereocenters. The number of halogens is 2. The van der Waals surface area contributed by atoms with Gasteiger partial charge in [0.1, 0.15) is 5.69 Å². The Labute approximate surface area is 146 Å². The molecule has 2 N–H and O–H groups in total. The number of nitrogens with zero attached hydrogens (tertiary/aromatic N) is 1. The molecule has 0 radical (unpaired) electrons. The van der Waals surface area contributed by atoms with Crippen LogP contribution >= 0.6 is 28.3 Å². The molecule has 1 aliphatic rings. The van der Waals surface area contributed by atoms with Gasteiger partial charge in [0.2, 0.25) is 0 Å². The van der Waals surface area contributed by atoms with Crippen LogP contribution in [-0.4, -0.2) is 43.8 Å². The minimum Gasteiger partial charge on any atom is -0.384 e. The highest BCUT2D eigenvalue weighted by atomic mass is 79.9. The van der Waals surface area contributed by atoms with Gasteiger partial charge in [-0.3, -0.25) is 4.79 Å². The van der Waals surface area contributed by atoms with Crippen LogP contribution in [0.15, 0.2) is 16.7 Å². The van der Waals surface area contributed by atoms with Crippen molar-refractivity contribution in [2.75, 3.05) is 33.4 Å². The first-order chi connectivity index (χ1) is 10.1. The van der Waals surface area contributed by atoms with Crippen LogP contribution in [0, 0.1) is 5.41 Å². The molecule has 5 nitrogen and oxygen atoms in total. The number of hydrogen-bond acceptors (Lipinski definition) is 3. The normalized spacial score (nSPS) is 16.9.